The van der Waals surface area contributed by atoms with Crippen LogP contribution in [-0.4, -0.2) is 95.0 Å². The molecule has 4 heterocycles. The second kappa shape index (κ2) is 9.03. The maximum atomic E-state index is 4.37. The summed E-state index contributed by atoms with van der Waals surface area (Å²) in [7, 11) is 4.31. The predicted octanol–water partition coefficient (Wildman–Crippen LogP) is 1.20. The predicted molar refractivity (Wildman–Crippen MR) is 109 cm³/mol. The lowest BCUT2D eigenvalue weighted by Gasteiger charge is -2.31. The lowest BCUT2D eigenvalue weighted by Crippen LogP contribution is -2.44. The molecule has 8 nitrogen and oxygen atoms in total. The quantitative estimate of drug-likeness (QED) is 0.750. The normalized spacial score (nSPS) is 19.4. The van der Waals surface area contributed by atoms with Crippen LogP contribution in [0.5, 0.6) is 0 Å². The molecule has 0 unspecified atom stereocenters. The zero-order valence-electron chi connectivity index (χ0n) is 16.1. The number of hydrogen-bond donors (Lipinski definition) is 0. The van der Waals surface area contributed by atoms with E-state index < -0.39 is 0 Å². The van der Waals surface area contributed by atoms with Crippen LogP contribution >= 0.6 is 23.1 Å². The highest BCUT2D eigenvalue weighted by Crippen LogP contribution is 2.18. The van der Waals surface area contributed by atoms with Crippen LogP contribution < -0.4 is 9.80 Å². The lowest BCUT2D eigenvalue weighted by atomic mass is 10.3. The Morgan fingerprint density at radius 2 is 0.962 bits per heavy atom. The molecule has 0 N–H and O–H groups in total. The minimum absolute atomic E-state index is 0.888. The Kier molecular flexibility index (Phi) is 6.74. The highest BCUT2D eigenvalue weighted by atomic mass is 32.1. The van der Waals surface area contributed by atoms with Crippen molar-refractivity contribution in [2.24, 2.45) is 0 Å². The second-order valence-electron chi connectivity index (χ2n) is 6.83. The van der Waals surface area contributed by atoms with Gasteiger partial charge in [0.1, 0.15) is 11.6 Å². The molecule has 2 aliphatic heterocycles. The van der Waals surface area contributed by atoms with Crippen molar-refractivity contribution in [2.45, 2.75) is 13.8 Å². The van der Waals surface area contributed by atoms with Crippen LogP contribution in [0.15, 0.2) is 0 Å². The highest BCUT2D eigenvalue weighted by Gasteiger charge is 2.17. The summed E-state index contributed by atoms with van der Waals surface area (Å²) in [4.78, 5) is 18.0. The maximum Gasteiger partial charge on any atom is 0.205 e. The van der Waals surface area contributed by atoms with Crippen molar-refractivity contribution in [3.05, 3.63) is 11.6 Å². The lowest BCUT2D eigenvalue weighted by molar-refractivity contribution is 0.312. The van der Waals surface area contributed by atoms with Crippen LogP contribution in [0, 0.1) is 13.8 Å². The van der Waals surface area contributed by atoms with Gasteiger partial charge in [-0.3, -0.25) is 0 Å². The summed E-state index contributed by atoms with van der Waals surface area (Å²) in [5.74, 6) is 1.78. The third kappa shape index (κ3) is 5.32. The van der Waals surface area contributed by atoms with Gasteiger partial charge in [-0.25, -0.2) is 9.97 Å². The van der Waals surface area contributed by atoms with Gasteiger partial charge in [-0.1, -0.05) is 0 Å². The van der Waals surface area contributed by atoms with Crippen LogP contribution in [0.4, 0.5) is 10.3 Å². The summed E-state index contributed by atoms with van der Waals surface area (Å²) < 4.78 is 8.37. The van der Waals surface area contributed by atoms with Crippen LogP contribution in [0.3, 0.4) is 0 Å². The molecule has 10 heteroatoms. The van der Waals surface area contributed by atoms with E-state index in [1.165, 1.54) is 23.1 Å². The molecule has 2 aliphatic rings. The summed E-state index contributed by atoms with van der Waals surface area (Å²) in [6.07, 6.45) is 0. The molecule has 0 atom stereocenters. The van der Waals surface area contributed by atoms with Gasteiger partial charge in [0.2, 0.25) is 10.3 Å². The Bertz CT molecular complexity index is 613. The summed E-state index contributed by atoms with van der Waals surface area (Å²) in [6, 6.07) is 0. The van der Waals surface area contributed by atoms with Crippen molar-refractivity contribution in [3.8, 4) is 0 Å². The van der Waals surface area contributed by atoms with Gasteiger partial charge >= 0.3 is 0 Å². The standard InChI is InChI=1S/2C8H14N4S/c2*1-7-9-8(13-10-7)12-5-3-11(2)4-6-12/h2*3-6H2,1-2H3. The van der Waals surface area contributed by atoms with Gasteiger partial charge in [0.05, 0.1) is 0 Å². The van der Waals surface area contributed by atoms with Crippen molar-refractivity contribution in [2.75, 3.05) is 76.3 Å². The van der Waals surface area contributed by atoms with Crippen molar-refractivity contribution < 1.29 is 0 Å². The van der Waals surface area contributed by atoms with Crippen LogP contribution in [0.25, 0.3) is 0 Å². The van der Waals surface area contributed by atoms with Gasteiger partial charge in [-0.2, -0.15) is 8.75 Å². The van der Waals surface area contributed by atoms with E-state index in [2.05, 4.69) is 52.4 Å². The minimum Gasteiger partial charge on any atom is -0.344 e. The SMILES string of the molecule is Cc1nsc(N2CCN(C)CC2)n1.Cc1nsc(N2CCN(C)CC2)n1. The van der Waals surface area contributed by atoms with Crippen molar-refractivity contribution >= 4 is 33.3 Å². The number of hydrogen-bond acceptors (Lipinski definition) is 10. The first kappa shape index (κ1) is 19.4. The zero-order valence-corrected chi connectivity index (χ0v) is 17.7. The topological polar surface area (TPSA) is 64.5 Å². The Morgan fingerprint density at radius 3 is 1.23 bits per heavy atom. The smallest absolute Gasteiger partial charge is 0.205 e. The number of rotatable bonds is 2. The summed E-state index contributed by atoms with van der Waals surface area (Å²) >= 11 is 3.01. The number of likely N-dealkylation sites (N-methyl/N-ethyl adjacent to an activating group) is 2. The molecular weight excluding hydrogens is 368 g/mol. The molecule has 2 saturated heterocycles. The average Bonchev–Trinajstić information content (AvgIpc) is 3.25. The fourth-order valence-electron chi connectivity index (χ4n) is 2.82. The number of aryl methyl sites for hydroxylation is 2. The van der Waals surface area contributed by atoms with Gasteiger partial charge in [0.15, 0.2) is 0 Å². The maximum absolute atomic E-state index is 4.37. The molecule has 0 aromatic carbocycles. The van der Waals surface area contributed by atoms with Gasteiger partial charge < -0.3 is 19.6 Å². The molecule has 2 aromatic heterocycles. The first-order valence-corrected chi connectivity index (χ1v) is 10.5. The van der Waals surface area contributed by atoms with Gasteiger partial charge in [-0.15, -0.1) is 0 Å². The van der Waals surface area contributed by atoms with E-state index in [9.17, 15) is 0 Å². The van der Waals surface area contributed by atoms with E-state index in [0.29, 0.717) is 0 Å². The van der Waals surface area contributed by atoms with E-state index >= 15 is 0 Å². The summed E-state index contributed by atoms with van der Waals surface area (Å²) in [6.45, 7) is 12.7. The number of aromatic nitrogens is 4. The average molecular weight is 397 g/mol. The van der Waals surface area contributed by atoms with E-state index in [0.717, 1.165) is 74.3 Å². The summed E-state index contributed by atoms with van der Waals surface area (Å²) in [5, 5.41) is 2.15. The van der Waals surface area contributed by atoms with E-state index in [1.54, 1.807) is 0 Å². The molecule has 144 valence electrons. The van der Waals surface area contributed by atoms with Crippen molar-refractivity contribution in [3.63, 3.8) is 0 Å². The molecule has 0 amide bonds. The number of piperazine rings is 2. The largest absolute Gasteiger partial charge is 0.344 e. The van der Waals surface area contributed by atoms with Crippen molar-refractivity contribution in [1.29, 1.82) is 0 Å². The van der Waals surface area contributed by atoms with Crippen molar-refractivity contribution in [1.82, 2.24) is 28.5 Å². The first-order valence-electron chi connectivity index (χ1n) is 8.99. The number of anilines is 2. The Labute approximate surface area is 163 Å². The molecule has 0 aliphatic carbocycles. The van der Waals surface area contributed by atoms with Crippen LogP contribution in [-0.2, 0) is 0 Å². The van der Waals surface area contributed by atoms with Crippen LogP contribution in [0.1, 0.15) is 11.6 Å². The molecule has 0 radical (unpaired) electrons. The Hall–Kier alpha value is -1.36. The molecule has 26 heavy (non-hydrogen) atoms. The molecule has 0 bridgehead atoms. The third-order valence-corrected chi connectivity index (χ3v) is 6.32. The minimum atomic E-state index is 0.888. The first-order chi connectivity index (χ1) is 12.5. The molecule has 2 aromatic rings. The Balaban J connectivity index is 0.000000151. The molecule has 4 rings (SSSR count). The molecule has 2 fully saturated rings. The monoisotopic (exact) mass is 396 g/mol. The Morgan fingerprint density at radius 1 is 0.615 bits per heavy atom. The van der Waals surface area contributed by atoms with Gasteiger partial charge in [0, 0.05) is 75.4 Å². The molecule has 0 saturated carbocycles. The summed E-state index contributed by atoms with van der Waals surface area (Å²) in [5.41, 5.74) is 0. The van der Waals surface area contributed by atoms with Crippen LogP contribution in [0.2, 0.25) is 0 Å². The third-order valence-electron chi connectivity index (χ3n) is 4.58. The zero-order chi connectivity index (χ0) is 18.5. The molecular formula is C16H28N8S2. The highest BCUT2D eigenvalue weighted by molar-refractivity contribution is 7.10. The van der Waals surface area contributed by atoms with E-state index in [1.807, 2.05) is 13.8 Å². The van der Waals surface area contributed by atoms with Gasteiger partial charge in [0.25, 0.3) is 0 Å². The second-order valence-corrected chi connectivity index (χ2v) is 8.29. The number of nitrogens with zero attached hydrogens (tertiary/aromatic N) is 8. The van der Waals surface area contributed by atoms with Gasteiger partial charge in [-0.05, 0) is 27.9 Å². The fourth-order valence-corrected chi connectivity index (χ4v) is 4.28. The van der Waals surface area contributed by atoms with E-state index in [4.69, 9.17) is 0 Å². The fraction of sp³-hybridized carbons (Fsp3) is 0.750. The molecule has 0 spiro atoms. The van der Waals surface area contributed by atoms with E-state index in [-0.39, 0.29) is 0 Å².